The first-order valence-electron chi connectivity index (χ1n) is 9.16. The summed E-state index contributed by atoms with van der Waals surface area (Å²) in [6.07, 6.45) is 0. The second-order valence-corrected chi connectivity index (χ2v) is 7.13. The number of halogens is 1. The maximum atomic E-state index is 13.1. The molecule has 3 aromatic rings. The van der Waals surface area contributed by atoms with Crippen LogP contribution in [0, 0.1) is 13.8 Å². The van der Waals surface area contributed by atoms with Crippen LogP contribution in [0.4, 0.5) is 0 Å². The van der Waals surface area contributed by atoms with Crippen LogP contribution in [0.5, 0.6) is 0 Å². The zero-order valence-electron chi connectivity index (χ0n) is 16.4. The molecule has 0 bridgehead atoms. The van der Waals surface area contributed by atoms with Crippen molar-refractivity contribution in [3.8, 4) is 5.69 Å². The molecule has 0 unspecified atom stereocenters. The summed E-state index contributed by atoms with van der Waals surface area (Å²) in [4.78, 5) is 38.4. The molecular weight excluding hydrogens is 392 g/mol. The molecule has 29 heavy (non-hydrogen) atoms. The van der Waals surface area contributed by atoms with Gasteiger partial charge in [-0.05, 0) is 61.7 Å². The third-order valence-electron chi connectivity index (χ3n) is 4.58. The highest BCUT2D eigenvalue weighted by molar-refractivity contribution is 6.30. The van der Waals surface area contributed by atoms with Gasteiger partial charge in [-0.2, -0.15) is 9.78 Å². The Morgan fingerprint density at radius 1 is 1.10 bits per heavy atom. The Morgan fingerprint density at radius 2 is 1.86 bits per heavy atom. The fourth-order valence-corrected chi connectivity index (χ4v) is 3.10. The molecule has 150 valence electrons. The molecule has 7 nitrogen and oxygen atoms in total. The lowest BCUT2D eigenvalue weighted by molar-refractivity contribution is 0.0946. The molecule has 0 radical (unpaired) electrons. The number of rotatable bonds is 5. The van der Waals surface area contributed by atoms with Gasteiger partial charge >= 0.3 is 5.69 Å². The van der Waals surface area contributed by atoms with Crippen LogP contribution in [0.1, 0.15) is 34.1 Å². The van der Waals surface area contributed by atoms with Gasteiger partial charge in [0.2, 0.25) is 5.69 Å². The lowest BCUT2D eigenvalue weighted by Gasteiger charge is -2.13. The van der Waals surface area contributed by atoms with E-state index in [2.05, 4.69) is 10.4 Å². The summed E-state index contributed by atoms with van der Waals surface area (Å²) in [6, 6.07) is 12.2. The van der Waals surface area contributed by atoms with Gasteiger partial charge in [0, 0.05) is 11.6 Å². The van der Waals surface area contributed by atoms with Crippen LogP contribution < -0.4 is 16.6 Å². The van der Waals surface area contributed by atoms with Crippen LogP contribution in [-0.4, -0.2) is 26.8 Å². The van der Waals surface area contributed by atoms with Gasteiger partial charge < -0.3 is 5.32 Å². The van der Waals surface area contributed by atoms with Crippen LogP contribution in [0.25, 0.3) is 5.69 Å². The van der Waals surface area contributed by atoms with E-state index in [1.165, 1.54) is 0 Å². The van der Waals surface area contributed by atoms with Crippen LogP contribution in [0.2, 0.25) is 5.02 Å². The number of amides is 1. The molecule has 0 aliphatic rings. The average Bonchev–Trinajstić information content (AvgIpc) is 2.68. The maximum absolute atomic E-state index is 13.1. The zero-order chi connectivity index (χ0) is 21.1. The zero-order valence-corrected chi connectivity index (χ0v) is 17.2. The van der Waals surface area contributed by atoms with Gasteiger partial charge in [-0.25, -0.2) is 4.79 Å². The van der Waals surface area contributed by atoms with Gasteiger partial charge in [0.15, 0.2) is 0 Å². The largest absolute Gasteiger partial charge is 0.352 e. The van der Waals surface area contributed by atoms with Crippen molar-refractivity contribution in [1.29, 1.82) is 0 Å². The SMILES string of the molecule is CCNC(=O)c1nn(-c2ccc(C)c(C)c2)c(=O)n(Cc2cccc(Cl)c2)c1=O. The number of nitrogens with one attached hydrogen (secondary N) is 1. The molecule has 2 aromatic carbocycles. The first-order valence-corrected chi connectivity index (χ1v) is 9.54. The number of carbonyl (C=O) groups excluding carboxylic acids is 1. The molecule has 0 fully saturated rings. The monoisotopic (exact) mass is 412 g/mol. The normalized spacial score (nSPS) is 10.8. The van der Waals surface area contributed by atoms with E-state index < -0.39 is 17.2 Å². The summed E-state index contributed by atoms with van der Waals surface area (Å²) in [5.74, 6) is -0.630. The maximum Gasteiger partial charge on any atom is 0.352 e. The standard InChI is InChI=1S/C21H21ClN4O3/c1-4-23-19(27)18-20(28)25(12-15-6-5-7-16(22)11-15)21(29)26(24-18)17-9-8-13(2)14(3)10-17/h5-11H,4,12H2,1-3H3,(H,23,27). The minimum atomic E-state index is -0.749. The molecule has 0 spiro atoms. The van der Waals surface area contributed by atoms with Gasteiger partial charge in [-0.15, -0.1) is 0 Å². The number of hydrogen-bond donors (Lipinski definition) is 1. The molecule has 3 rings (SSSR count). The summed E-state index contributed by atoms with van der Waals surface area (Å²) in [5.41, 5.74) is 1.43. The van der Waals surface area contributed by atoms with E-state index in [1.54, 1.807) is 43.3 Å². The second kappa shape index (κ2) is 8.45. The number of carbonyl (C=O) groups is 1. The van der Waals surface area contributed by atoms with E-state index in [1.807, 2.05) is 19.9 Å². The van der Waals surface area contributed by atoms with E-state index in [4.69, 9.17) is 11.6 Å². The van der Waals surface area contributed by atoms with Gasteiger partial charge in [0.25, 0.3) is 11.5 Å². The Bertz CT molecular complexity index is 1200. The molecule has 0 aliphatic carbocycles. The molecule has 0 aliphatic heterocycles. The summed E-state index contributed by atoms with van der Waals surface area (Å²) >= 11 is 6.03. The number of aryl methyl sites for hydroxylation is 2. The molecule has 0 atom stereocenters. The van der Waals surface area contributed by atoms with E-state index in [-0.39, 0.29) is 12.2 Å². The minimum Gasteiger partial charge on any atom is -0.351 e. The summed E-state index contributed by atoms with van der Waals surface area (Å²) < 4.78 is 2.08. The predicted octanol–water partition coefficient (Wildman–Crippen LogP) is 2.46. The smallest absolute Gasteiger partial charge is 0.351 e. The van der Waals surface area contributed by atoms with E-state index in [0.29, 0.717) is 22.8 Å². The number of benzene rings is 2. The van der Waals surface area contributed by atoms with Gasteiger partial charge in [-0.3, -0.25) is 14.2 Å². The molecule has 1 N–H and O–H groups in total. The molecule has 0 saturated heterocycles. The molecule has 1 aromatic heterocycles. The van der Waals surface area contributed by atoms with E-state index in [0.717, 1.165) is 20.4 Å². The first kappa shape index (κ1) is 20.5. The highest BCUT2D eigenvalue weighted by Crippen LogP contribution is 2.13. The third-order valence-corrected chi connectivity index (χ3v) is 4.81. The molecule has 8 heteroatoms. The van der Waals surface area contributed by atoms with Crippen molar-refractivity contribution < 1.29 is 4.79 Å². The van der Waals surface area contributed by atoms with Crippen LogP contribution in [0.15, 0.2) is 52.1 Å². The van der Waals surface area contributed by atoms with Crippen molar-refractivity contribution in [1.82, 2.24) is 19.7 Å². The van der Waals surface area contributed by atoms with Crippen molar-refractivity contribution in [3.05, 3.63) is 90.7 Å². The highest BCUT2D eigenvalue weighted by Gasteiger charge is 2.20. The van der Waals surface area contributed by atoms with Crippen LogP contribution in [-0.2, 0) is 6.54 Å². The second-order valence-electron chi connectivity index (χ2n) is 6.69. The van der Waals surface area contributed by atoms with E-state index >= 15 is 0 Å². The van der Waals surface area contributed by atoms with Gasteiger partial charge in [0.05, 0.1) is 12.2 Å². The Labute approximate surface area is 172 Å². The van der Waals surface area contributed by atoms with E-state index in [9.17, 15) is 14.4 Å². The lowest BCUT2D eigenvalue weighted by Crippen LogP contribution is -2.46. The van der Waals surface area contributed by atoms with Crippen molar-refractivity contribution in [2.45, 2.75) is 27.3 Å². The average molecular weight is 413 g/mol. The summed E-state index contributed by atoms with van der Waals surface area (Å²) in [7, 11) is 0. The Hall–Kier alpha value is -3.19. The topological polar surface area (TPSA) is 86.0 Å². The Balaban J connectivity index is 2.24. The molecule has 1 amide bonds. The molecule has 1 heterocycles. The quantitative estimate of drug-likeness (QED) is 0.697. The number of hydrogen-bond acceptors (Lipinski definition) is 4. The van der Waals surface area contributed by atoms with Gasteiger partial charge in [-0.1, -0.05) is 29.8 Å². The van der Waals surface area contributed by atoms with Crippen molar-refractivity contribution in [3.63, 3.8) is 0 Å². The Kier molecular flexibility index (Phi) is 5.98. The van der Waals surface area contributed by atoms with Crippen LogP contribution in [0.3, 0.4) is 0 Å². The summed E-state index contributed by atoms with van der Waals surface area (Å²) in [5, 5.41) is 7.14. The molecular formula is C21H21ClN4O3. The van der Waals surface area contributed by atoms with Gasteiger partial charge in [0.1, 0.15) is 0 Å². The Morgan fingerprint density at radius 3 is 2.52 bits per heavy atom. The first-order chi connectivity index (χ1) is 13.8. The fraction of sp³-hybridized carbons (Fsp3) is 0.238. The fourth-order valence-electron chi connectivity index (χ4n) is 2.88. The number of aromatic nitrogens is 3. The van der Waals surface area contributed by atoms with Crippen molar-refractivity contribution in [2.24, 2.45) is 0 Å². The predicted molar refractivity (Wildman–Crippen MR) is 112 cm³/mol. The lowest BCUT2D eigenvalue weighted by atomic mass is 10.1. The minimum absolute atomic E-state index is 0.0298. The summed E-state index contributed by atoms with van der Waals surface area (Å²) in [6.45, 7) is 5.91. The third kappa shape index (κ3) is 4.30. The number of nitrogens with zero attached hydrogens (tertiary/aromatic N) is 3. The van der Waals surface area contributed by atoms with Crippen molar-refractivity contribution >= 4 is 17.5 Å². The van der Waals surface area contributed by atoms with Crippen molar-refractivity contribution in [2.75, 3.05) is 6.54 Å². The molecule has 0 saturated carbocycles. The van der Waals surface area contributed by atoms with Crippen LogP contribution >= 0.6 is 11.6 Å². The highest BCUT2D eigenvalue weighted by atomic mass is 35.5.